The lowest BCUT2D eigenvalue weighted by atomic mass is 10.1. The zero-order chi connectivity index (χ0) is 19.4. The molecule has 0 atom stereocenters. The van der Waals surface area contributed by atoms with Gasteiger partial charge >= 0.3 is 0 Å². The van der Waals surface area contributed by atoms with Gasteiger partial charge in [0.05, 0.1) is 10.9 Å². The fraction of sp³-hybridized carbons (Fsp3) is 0. The first-order valence-corrected chi connectivity index (χ1v) is 9.03. The van der Waals surface area contributed by atoms with Crippen LogP contribution in [-0.2, 0) is 0 Å². The molecule has 29 heavy (non-hydrogen) atoms. The molecule has 0 aliphatic rings. The highest BCUT2D eigenvalue weighted by atomic mass is 19.1. The molecule has 0 saturated carbocycles. The van der Waals surface area contributed by atoms with E-state index in [0.29, 0.717) is 39.2 Å². The van der Waals surface area contributed by atoms with Gasteiger partial charge in [0.15, 0.2) is 11.5 Å². The molecule has 6 rings (SSSR count). The van der Waals surface area contributed by atoms with E-state index >= 15 is 0 Å². The first-order chi connectivity index (χ1) is 14.3. The van der Waals surface area contributed by atoms with Crippen molar-refractivity contribution >= 4 is 33.2 Å². The minimum absolute atomic E-state index is 0.339. The van der Waals surface area contributed by atoms with Crippen LogP contribution in [0.15, 0.2) is 77.5 Å². The highest BCUT2D eigenvalue weighted by Crippen LogP contribution is 2.38. The number of benzene rings is 3. The number of furan rings is 1. The number of halogens is 1. The summed E-state index contributed by atoms with van der Waals surface area (Å²) in [5.74, 6) is 0.220. The second-order valence-corrected chi connectivity index (χ2v) is 6.61. The van der Waals surface area contributed by atoms with E-state index in [1.54, 1.807) is 6.07 Å². The third kappa shape index (κ3) is 2.27. The number of rotatable bonds is 2. The van der Waals surface area contributed by atoms with Crippen LogP contribution in [0.1, 0.15) is 0 Å². The number of hydrogen-bond donors (Lipinski definition) is 0. The smallest absolute Gasteiger partial charge is 0.220 e. The Hall–Kier alpha value is -4.13. The summed E-state index contributed by atoms with van der Waals surface area (Å²) in [5.41, 5.74) is 3.54. The van der Waals surface area contributed by atoms with Crippen molar-refractivity contribution in [3.8, 4) is 17.1 Å². The van der Waals surface area contributed by atoms with Crippen LogP contribution in [0, 0.1) is 5.82 Å². The lowest BCUT2D eigenvalue weighted by molar-refractivity contribution is 0.634. The fourth-order valence-corrected chi connectivity index (χ4v) is 3.71. The van der Waals surface area contributed by atoms with Crippen molar-refractivity contribution in [3.63, 3.8) is 0 Å². The molecule has 0 unspecified atom stereocenters. The Kier molecular flexibility index (Phi) is 3.25. The zero-order valence-corrected chi connectivity index (χ0v) is 15.0. The Morgan fingerprint density at radius 2 is 1.72 bits per heavy atom. The van der Waals surface area contributed by atoms with Crippen molar-refractivity contribution in [2.24, 2.45) is 0 Å². The van der Waals surface area contributed by atoms with Crippen molar-refractivity contribution in [3.05, 3.63) is 78.9 Å². The molecule has 3 aromatic heterocycles. The van der Waals surface area contributed by atoms with Gasteiger partial charge in [0.2, 0.25) is 5.65 Å². The van der Waals surface area contributed by atoms with Crippen LogP contribution in [0.25, 0.3) is 50.3 Å². The van der Waals surface area contributed by atoms with Crippen LogP contribution in [-0.4, -0.2) is 24.7 Å². The van der Waals surface area contributed by atoms with Gasteiger partial charge in [-0.2, -0.15) is 0 Å². The van der Waals surface area contributed by atoms with E-state index in [4.69, 9.17) is 4.42 Å². The van der Waals surface area contributed by atoms with Crippen LogP contribution in [0.4, 0.5) is 4.39 Å². The highest BCUT2D eigenvalue weighted by Gasteiger charge is 2.22. The molecular formula is C22H12FN5O. The number of para-hydroxylation sites is 2. The van der Waals surface area contributed by atoms with Gasteiger partial charge in [-0.15, -0.1) is 10.2 Å². The summed E-state index contributed by atoms with van der Waals surface area (Å²) in [6, 6.07) is 20.2. The molecule has 0 aliphatic carbocycles. The molecule has 0 N–H and O–H groups in total. The number of nitrogens with zero attached hydrogens (tertiary/aromatic N) is 5. The van der Waals surface area contributed by atoms with Crippen LogP contribution in [0.3, 0.4) is 0 Å². The third-order valence-corrected chi connectivity index (χ3v) is 4.95. The summed E-state index contributed by atoms with van der Waals surface area (Å²) in [6.07, 6.45) is 1.38. The lowest BCUT2D eigenvalue weighted by Gasteiger charge is -2.09. The van der Waals surface area contributed by atoms with Crippen molar-refractivity contribution < 1.29 is 8.81 Å². The minimum Gasteiger partial charge on any atom is -0.455 e. The molecule has 138 valence electrons. The molecule has 6 nitrogen and oxygen atoms in total. The molecule has 0 fully saturated rings. The molecule has 3 aromatic carbocycles. The van der Waals surface area contributed by atoms with Crippen LogP contribution in [0.2, 0.25) is 0 Å². The maximum absolute atomic E-state index is 14.8. The Bertz CT molecular complexity index is 1520. The topological polar surface area (TPSA) is 69.6 Å². The predicted molar refractivity (Wildman–Crippen MR) is 107 cm³/mol. The minimum atomic E-state index is -0.339. The Labute approximate surface area is 163 Å². The molecule has 3 heterocycles. The van der Waals surface area contributed by atoms with Gasteiger partial charge < -0.3 is 4.42 Å². The molecule has 6 aromatic rings. The van der Waals surface area contributed by atoms with Gasteiger partial charge in [-0.1, -0.05) is 36.4 Å². The monoisotopic (exact) mass is 381 g/mol. The van der Waals surface area contributed by atoms with Gasteiger partial charge in [0.25, 0.3) is 0 Å². The molecule has 0 aliphatic heterocycles. The van der Waals surface area contributed by atoms with Crippen molar-refractivity contribution in [1.29, 1.82) is 0 Å². The van der Waals surface area contributed by atoms with Crippen LogP contribution in [0.5, 0.6) is 0 Å². The maximum Gasteiger partial charge on any atom is 0.220 e. The maximum atomic E-state index is 14.8. The molecule has 0 amide bonds. The number of fused-ring (bicyclic) bond motifs is 4. The first-order valence-electron chi connectivity index (χ1n) is 9.03. The van der Waals surface area contributed by atoms with E-state index < -0.39 is 0 Å². The SMILES string of the molecule is Fc1ccc(-c2nc3nncnc3n2-c2ccccc2)c2oc3ccccc3c12. The van der Waals surface area contributed by atoms with Gasteiger partial charge in [-0.3, -0.25) is 4.57 Å². The lowest BCUT2D eigenvalue weighted by Crippen LogP contribution is -1.99. The molecule has 0 saturated heterocycles. The van der Waals surface area contributed by atoms with Crippen LogP contribution < -0.4 is 0 Å². The van der Waals surface area contributed by atoms with Gasteiger partial charge in [-0.05, 0) is 30.3 Å². The number of imidazole rings is 1. The average molecular weight is 381 g/mol. The summed E-state index contributed by atoms with van der Waals surface area (Å²) in [7, 11) is 0. The first kappa shape index (κ1) is 15.9. The standard InChI is InChI=1S/C22H12FN5O/c23-16-11-10-15(19-18(16)14-8-4-5-9-17(14)29-19)21-26-20-22(24-12-25-27-20)28(21)13-6-2-1-3-7-13/h1-12H. The van der Waals surface area contributed by atoms with Crippen molar-refractivity contribution in [2.45, 2.75) is 0 Å². The Balaban J connectivity index is 1.76. The molecule has 0 bridgehead atoms. The number of hydrogen-bond acceptors (Lipinski definition) is 5. The predicted octanol–water partition coefficient (Wildman–Crippen LogP) is 4.92. The van der Waals surface area contributed by atoms with E-state index in [2.05, 4.69) is 20.2 Å². The molecular weight excluding hydrogens is 369 g/mol. The second-order valence-electron chi connectivity index (χ2n) is 6.61. The van der Waals surface area contributed by atoms with Crippen molar-refractivity contribution in [2.75, 3.05) is 0 Å². The zero-order valence-electron chi connectivity index (χ0n) is 15.0. The molecule has 7 heteroatoms. The van der Waals surface area contributed by atoms with Gasteiger partial charge in [0.1, 0.15) is 23.3 Å². The van der Waals surface area contributed by atoms with Crippen molar-refractivity contribution in [1.82, 2.24) is 24.7 Å². The normalized spacial score (nSPS) is 11.6. The molecule has 0 radical (unpaired) electrons. The second kappa shape index (κ2) is 5.93. The van der Waals surface area contributed by atoms with E-state index in [9.17, 15) is 4.39 Å². The van der Waals surface area contributed by atoms with E-state index in [1.165, 1.54) is 12.4 Å². The van der Waals surface area contributed by atoms with Gasteiger partial charge in [-0.25, -0.2) is 14.4 Å². The Morgan fingerprint density at radius 3 is 2.62 bits per heavy atom. The summed E-state index contributed by atoms with van der Waals surface area (Å²) in [6.45, 7) is 0. The largest absolute Gasteiger partial charge is 0.455 e. The number of aromatic nitrogens is 5. The van der Waals surface area contributed by atoms with E-state index in [1.807, 2.05) is 59.2 Å². The quantitative estimate of drug-likeness (QED) is 0.426. The van der Waals surface area contributed by atoms with Gasteiger partial charge in [0, 0.05) is 11.1 Å². The molecule has 0 spiro atoms. The van der Waals surface area contributed by atoms with Crippen LogP contribution >= 0.6 is 0 Å². The highest BCUT2D eigenvalue weighted by molar-refractivity contribution is 6.09. The summed E-state index contributed by atoms with van der Waals surface area (Å²) in [5, 5.41) is 9.11. The third-order valence-electron chi connectivity index (χ3n) is 4.95. The Morgan fingerprint density at radius 1 is 0.897 bits per heavy atom. The van der Waals surface area contributed by atoms with E-state index in [-0.39, 0.29) is 5.82 Å². The summed E-state index contributed by atoms with van der Waals surface area (Å²) in [4.78, 5) is 9.02. The fourth-order valence-electron chi connectivity index (χ4n) is 3.71. The van der Waals surface area contributed by atoms with E-state index in [0.717, 1.165) is 11.1 Å². The average Bonchev–Trinajstić information content (AvgIpc) is 3.34. The summed E-state index contributed by atoms with van der Waals surface area (Å²) >= 11 is 0. The summed E-state index contributed by atoms with van der Waals surface area (Å²) < 4.78 is 22.7.